The van der Waals surface area contributed by atoms with Crippen LogP contribution < -0.4 is 5.32 Å². The lowest BCUT2D eigenvalue weighted by atomic mass is 10.2. The summed E-state index contributed by atoms with van der Waals surface area (Å²) in [6, 6.07) is 10.00. The minimum atomic E-state index is 0.606. The predicted octanol–water partition coefficient (Wildman–Crippen LogP) is 4.12. The fourth-order valence-electron chi connectivity index (χ4n) is 1.82. The Bertz CT molecular complexity index is 531. The Hall–Kier alpha value is -0.960. The van der Waals surface area contributed by atoms with Gasteiger partial charge in [-0.05, 0) is 43.7 Å². The Morgan fingerprint density at radius 2 is 1.84 bits per heavy atom. The molecule has 1 atom stereocenters. The highest BCUT2D eigenvalue weighted by Crippen LogP contribution is 2.28. The number of rotatable bonds is 5. The first-order valence-corrected chi connectivity index (χ1v) is 7.22. The molecule has 0 bridgehead atoms. The predicted molar refractivity (Wildman–Crippen MR) is 79.5 cm³/mol. The summed E-state index contributed by atoms with van der Waals surface area (Å²) in [4.78, 5) is 0. The molecule has 0 amide bonds. The van der Waals surface area contributed by atoms with Crippen LogP contribution in [0.3, 0.4) is 0 Å². The van der Waals surface area contributed by atoms with Crippen LogP contribution in [0.1, 0.15) is 26.0 Å². The first-order chi connectivity index (χ1) is 9.08. The van der Waals surface area contributed by atoms with Crippen molar-refractivity contribution in [3.05, 3.63) is 46.1 Å². The first-order valence-electron chi connectivity index (χ1n) is 6.47. The molecule has 2 nitrogen and oxygen atoms in total. The van der Waals surface area contributed by atoms with Crippen LogP contribution in [0, 0.1) is 0 Å². The first kappa shape index (κ1) is 14.4. The van der Waals surface area contributed by atoms with Gasteiger partial charge >= 0.3 is 0 Å². The van der Waals surface area contributed by atoms with Crippen molar-refractivity contribution in [1.82, 2.24) is 0 Å². The van der Waals surface area contributed by atoms with Gasteiger partial charge in [-0.25, -0.2) is 0 Å². The van der Waals surface area contributed by atoms with Crippen molar-refractivity contribution in [3.8, 4) is 11.3 Å². The third-order valence-electron chi connectivity index (χ3n) is 3.17. The molecule has 2 N–H and O–H groups in total. The molecule has 0 aliphatic carbocycles. The van der Waals surface area contributed by atoms with Crippen molar-refractivity contribution < 1.29 is 9.73 Å². The monoisotopic (exact) mass is 298 g/mol. The lowest BCUT2D eigenvalue weighted by Crippen LogP contribution is -2.87. The van der Waals surface area contributed by atoms with E-state index in [-0.39, 0.29) is 0 Å². The Kier molecular flexibility index (Phi) is 4.92. The fraction of sp³-hybridized carbons (Fsp3) is 0.333. The molecule has 1 aromatic heterocycles. The summed E-state index contributed by atoms with van der Waals surface area (Å²) in [6.45, 7) is 5.24. The minimum Gasteiger partial charge on any atom is -0.455 e. The molecule has 19 heavy (non-hydrogen) atoms. The molecule has 4 heteroatoms. The average molecular weight is 299 g/mol. The largest absolute Gasteiger partial charge is 0.455 e. The molecule has 0 saturated carbocycles. The van der Waals surface area contributed by atoms with Crippen molar-refractivity contribution in [1.29, 1.82) is 0 Å². The van der Waals surface area contributed by atoms with E-state index in [1.165, 1.54) is 0 Å². The molecule has 102 valence electrons. The zero-order valence-electron chi connectivity index (χ0n) is 11.1. The van der Waals surface area contributed by atoms with Gasteiger partial charge in [-0.1, -0.05) is 30.1 Å². The summed E-state index contributed by atoms with van der Waals surface area (Å²) < 4.78 is 5.83. The third-order valence-corrected chi connectivity index (χ3v) is 3.61. The normalized spacial score (nSPS) is 12.6. The van der Waals surface area contributed by atoms with Crippen molar-refractivity contribution in [2.75, 3.05) is 0 Å². The number of furan rings is 1. The van der Waals surface area contributed by atoms with Crippen molar-refractivity contribution in [3.63, 3.8) is 0 Å². The van der Waals surface area contributed by atoms with Gasteiger partial charge in [0.2, 0.25) is 0 Å². The molecule has 0 unspecified atom stereocenters. The number of nitrogens with two attached hydrogens (primary N) is 1. The molecule has 0 aliphatic heterocycles. The lowest BCUT2D eigenvalue weighted by molar-refractivity contribution is -0.703. The molecule has 1 heterocycles. The number of quaternary nitrogens is 1. The van der Waals surface area contributed by atoms with Crippen molar-refractivity contribution >= 4 is 23.2 Å². The number of hydrogen-bond donors (Lipinski definition) is 1. The Balaban J connectivity index is 2.12. The lowest BCUT2D eigenvalue weighted by Gasteiger charge is -2.05. The number of halogens is 2. The highest BCUT2D eigenvalue weighted by molar-refractivity contribution is 6.35. The van der Waals surface area contributed by atoms with Gasteiger partial charge < -0.3 is 9.73 Å². The summed E-state index contributed by atoms with van der Waals surface area (Å²) in [5.74, 6) is 1.77. The second-order valence-electron chi connectivity index (χ2n) is 4.75. The SMILES string of the molecule is CC[C@@H](C)[NH2+]Cc1ccc(-c2cc(Cl)cc(Cl)c2)o1. The maximum atomic E-state index is 6.00. The summed E-state index contributed by atoms with van der Waals surface area (Å²) in [7, 11) is 0. The molecule has 0 saturated heterocycles. The van der Waals surface area contributed by atoms with Gasteiger partial charge in [0, 0.05) is 15.6 Å². The van der Waals surface area contributed by atoms with E-state index < -0.39 is 0 Å². The second-order valence-corrected chi connectivity index (χ2v) is 5.62. The van der Waals surface area contributed by atoms with E-state index in [4.69, 9.17) is 27.6 Å². The van der Waals surface area contributed by atoms with Crippen molar-refractivity contribution in [2.24, 2.45) is 0 Å². The Morgan fingerprint density at radius 3 is 2.47 bits per heavy atom. The van der Waals surface area contributed by atoms with Crippen LogP contribution in [0.25, 0.3) is 11.3 Å². The van der Waals surface area contributed by atoms with Gasteiger partial charge in [0.15, 0.2) is 5.76 Å². The highest BCUT2D eigenvalue weighted by Gasteiger charge is 2.09. The van der Waals surface area contributed by atoms with Crippen LogP contribution in [0.15, 0.2) is 34.7 Å². The Morgan fingerprint density at radius 1 is 1.16 bits per heavy atom. The van der Waals surface area contributed by atoms with E-state index in [9.17, 15) is 0 Å². The fourth-order valence-corrected chi connectivity index (χ4v) is 2.35. The van der Waals surface area contributed by atoms with Gasteiger partial charge in [0.05, 0.1) is 6.04 Å². The van der Waals surface area contributed by atoms with Gasteiger partial charge in [0.1, 0.15) is 12.3 Å². The topological polar surface area (TPSA) is 29.8 Å². The molecule has 0 fully saturated rings. The minimum absolute atomic E-state index is 0.606. The molecule has 2 rings (SSSR count). The van der Waals surface area contributed by atoms with Crippen LogP contribution in [-0.4, -0.2) is 6.04 Å². The summed E-state index contributed by atoms with van der Waals surface area (Å²) in [6.07, 6.45) is 1.15. The summed E-state index contributed by atoms with van der Waals surface area (Å²) >= 11 is 12.0. The van der Waals surface area contributed by atoms with Crippen LogP contribution in [-0.2, 0) is 6.54 Å². The van der Waals surface area contributed by atoms with Gasteiger partial charge in [-0.3, -0.25) is 0 Å². The molecule has 1 aromatic carbocycles. The zero-order chi connectivity index (χ0) is 13.8. The average Bonchev–Trinajstić information content (AvgIpc) is 2.83. The van der Waals surface area contributed by atoms with Crippen molar-refractivity contribution in [2.45, 2.75) is 32.9 Å². The molecule has 0 radical (unpaired) electrons. The van der Waals surface area contributed by atoms with Crippen LogP contribution in [0.2, 0.25) is 10.0 Å². The molecule has 0 spiro atoms. The Labute approximate surface area is 123 Å². The van der Waals surface area contributed by atoms with Gasteiger partial charge in [0.25, 0.3) is 0 Å². The van der Waals surface area contributed by atoms with E-state index in [1.807, 2.05) is 24.3 Å². The van der Waals surface area contributed by atoms with Crippen LogP contribution in [0.4, 0.5) is 0 Å². The van der Waals surface area contributed by atoms with Gasteiger partial charge in [-0.15, -0.1) is 0 Å². The van der Waals surface area contributed by atoms with E-state index in [0.717, 1.165) is 30.0 Å². The highest BCUT2D eigenvalue weighted by atomic mass is 35.5. The molecular weight excluding hydrogens is 281 g/mol. The molecule has 2 aromatic rings. The van der Waals surface area contributed by atoms with Crippen LogP contribution >= 0.6 is 23.2 Å². The summed E-state index contributed by atoms with van der Waals surface area (Å²) in [5, 5.41) is 3.51. The number of benzene rings is 1. The molecule has 0 aliphatic rings. The van der Waals surface area contributed by atoms with E-state index in [1.54, 1.807) is 6.07 Å². The van der Waals surface area contributed by atoms with E-state index in [0.29, 0.717) is 16.1 Å². The van der Waals surface area contributed by atoms with E-state index in [2.05, 4.69) is 19.2 Å². The second kappa shape index (κ2) is 6.47. The van der Waals surface area contributed by atoms with Gasteiger partial charge in [-0.2, -0.15) is 0 Å². The van der Waals surface area contributed by atoms with E-state index >= 15 is 0 Å². The smallest absolute Gasteiger partial charge is 0.158 e. The maximum absolute atomic E-state index is 6.00. The quantitative estimate of drug-likeness (QED) is 0.884. The summed E-state index contributed by atoms with van der Waals surface area (Å²) in [5.41, 5.74) is 0.910. The molecular formula is C15H18Cl2NO+. The third kappa shape index (κ3) is 4.00. The number of hydrogen-bond acceptors (Lipinski definition) is 1. The zero-order valence-corrected chi connectivity index (χ0v) is 12.6. The standard InChI is InChI=1S/C15H17Cl2NO/c1-3-10(2)18-9-14-4-5-15(19-14)11-6-12(16)8-13(17)7-11/h4-8,10,18H,3,9H2,1-2H3/p+1/t10-/m1/s1. The maximum Gasteiger partial charge on any atom is 0.158 e. The van der Waals surface area contributed by atoms with Crippen LogP contribution in [0.5, 0.6) is 0 Å².